The molecule has 1 fully saturated rings. The van der Waals surface area contributed by atoms with Crippen LogP contribution in [0.25, 0.3) is 0 Å². The molecule has 2 heterocycles. The third-order valence-corrected chi connectivity index (χ3v) is 5.73. The highest BCUT2D eigenvalue weighted by atomic mass is 16.5. The van der Waals surface area contributed by atoms with Crippen molar-refractivity contribution in [2.24, 2.45) is 0 Å². The summed E-state index contributed by atoms with van der Waals surface area (Å²) >= 11 is 0. The van der Waals surface area contributed by atoms with Gasteiger partial charge in [-0.1, -0.05) is 60.7 Å². The minimum atomic E-state index is 0.308. The van der Waals surface area contributed by atoms with Crippen LogP contribution in [0.4, 0.5) is 0 Å². The van der Waals surface area contributed by atoms with E-state index in [4.69, 9.17) is 0 Å². The van der Waals surface area contributed by atoms with Crippen molar-refractivity contribution in [1.29, 1.82) is 0 Å². The molecule has 4 heteroatoms. The Hall–Kier alpha value is -2.59. The number of nitrogens with zero attached hydrogens (tertiary/aromatic N) is 2. The van der Waals surface area contributed by atoms with Crippen LogP contribution in [0.2, 0.25) is 0 Å². The molecule has 1 aliphatic heterocycles. The van der Waals surface area contributed by atoms with E-state index in [-0.39, 0.29) is 0 Å². The van der Waals surface area contributed by atoms with Gasteiger partial charge in [0.25, 0.3) is 0 Å². The molecule has 0 spiro atoms. The summed E-state index contributed by atoms with van der Waals surface area (Å²) in [7, 11) is 0. The average Bonchev–Trinajstić information content (AvgIpc) is 3.11. The van der Waals surface area contributed by atoms with E-state index in [0.29, 0.717) is 11.8 Å². The van der Waals surface area contributed by atoms with Crippen LogP contribution < -0.4 is 5.32 Å². The molecule has 140 valence electrons. The Morgan fingerprint density at radius 3 is 2.15 bits per heavy atom. The predicted octanol–water partition coefficient (Wildman–Crippen LogP) is 4.35. The van der Waals surface area contributed by atoms with Crippen molar-refractivity contribution in [3.63, 3.8) is 0 Å². The van der Waals surface area contributed by atoms with Crippen LogP contribution >= 0.6 is 0 Å². The van der Waals surface area contributed by atoms with Gasteiger partial charge in [-0.05, 0) is 55.8 Å². The predicted molar refractivity (Wildman–Crippen MR) is 107 cm³/mol. The van der Waals surface area contributed by atoms with Crippen LogP contribution in [0.1, 0.15) is 53.5 Å². The molecular weight excluding hydrogens is 334 g/mol. The topological polar surface area (TPSA) is 50.1 Å². The summed E-state index contributed by atoms with van der Waals surface area (Å²) in [5, 5.41) is 17.9. The Balaban J connectivity index is 1.57. The van der Waals surface area contributed by atoms with Gasteiger partial charge in [0, 0.05) is 11.5 Å². The molecule has 0 aliphatic carbocycles. The third kappa shape index (κ3) is 4.06. The minimum absolute atomic E-state index is 0.308. The SMILES string of the molecule is On1ncc(C2CCNCC2)c1CCC(c1ccccc1)c1ccccc1. The van der Waals surface area contributed by atoms with E-state index in [0.717, 1.165) is 49.3 Å². The Morgan fingerprint density at radius 2 is 1.56 bits per heavy atom. The molecule has 0 bridgehead atoms. The zero-order valence-electron chi connectivity index (χ0n) is 15.6. The summed E-state index contributed by atoms with van der Waals surface area (Å²) in [4.78, 5) is 1.10. The van der Waals surface area contributed by atoms with Gasteiger partial charge < -0.3 is 10.5 Å². The van der Waals surface area contributed by atoms with Crippen molar-refractivity contribution in [3.05, 3.63) is 89.2 Å². The molecule has 0 atom stereocenters. The molecule has 0 radical (unpaired) electrons. The van der Waals surface area contributed by atoms with Crippen LogP contribution in [0.15, 0.2) is 66.9 Å². The molecule has 4 rings (SSSR count). The summed E-state index contributed by atoms with van der Waals surface area (Å²) in [5.41, 5.74) is 4.82. The van der Waals surface area contributed by atoms with Crippen molar-refractivity contribution in [1.82, 2.24) is 15.3 Å². The molecule has 1 aromatic heterocycles. The van der Waals surface area contributed by atoms with E-state index in [1.165, 1.54) is 16.7 Å². The molecule has 4 nitrogen and oxygen atoms in total. The second-order valence-electron chi connectivity index (χ2n) is 7.37. The third-order valence-electron chi connectivity index (χ3n) is 5.73. The summed E-state index contributed by atoms with van der Waals surface area (Å²) < 4.78 is 0. The van der Waals surface area contributed by atoms with Gasteiger partial charge in [0.15, 0.2) is 0 Å². The minimum Gasteiger partial charge on any atom is -0.411 e. The van der Waals surface area contributed by atoms with Gasteiger partial charge in [-0.3, -0.25) is 0 Å². The fourth-order valence-corrected chi connectivity index (χ4v) is 4.27. The first-order valence-electron chi connectivity index (χ1n) is 9.89. The molecule has 3 aromatic rings. The van der Waals surface area contributed by atoms with E-state index in [1.807, 2.05) is 6.20 Å². The Morgan fingerprint density at radius 1 is 0.963 bits per heavy atom. The number of benzene rings is 2. The molecule has 0 amide bonds. The van der Waals surface area contributed by atoms with Crippen LogP contribution in [0.5, 0.6) is 0 Å². The fourth-order valence-electron chi connectivity index (χ4n) is 4.27. The Labute approximate surface area is 160 Å². The quantitative estimate of drug-likeness (QED) is 0.642. The molecule has 1 saturated heterocycles. The molecule has 2 N–H and O–H groups in total. The molecule has 0 saturated carbocycles. The Kier molecular flexibility index (Phi) is 5.54. The van der Waals surface area contributed by atoms with Crippen molar-refractivity contribution in [2.75, 3.05) is 13.1 Å². The highest BCUT2D eigenvalue weighted by molar-refractivity contribution is 5.33. The molecule has 27 heavy (non-hydrogen) atoms. The van der Waals surface area contributed by atoms with Crippen LogP contribution in [0, 0.1) is 0 Å². The molecule has 0 unspecified atom stereocenters. The summed E-state index contributed by atoms with van der Waals surface area (Å²) in [6.07, 6.45) is 5.84. The number of piperidine rings is 1. The molecular formula is C23H27N3O. The van der Waals surface area contributed by atoms with Crippen molar-refractivity contribution >= 4 is 0 Å². The molecule has 2 aromatic carbocycles. The van der Waals surface area contributed by atoms with Gasteiger partial charge in [-0.2, -0.15) is 0 Å². The summed E-state index contributed by atoms with van der Waals surface area (Å²) in [6, 6.07) is 21.3. The first kappa shape index (κ1) is 17.8. The lowest BCUT2D eigenvalue weighted by Gasteiger charge is -2.23. The normalized spacial score (nSPS) is 15.3. The van der Waals surface area contributed by atoms with E-state index >= 15 is 0 Å². The van der Waals surface area contributed by atoms with Gasteiger partial charge >= 0.3 is 0 Å². The summed E-state index contributed by atoms with van der Waals surface area (Å²) in [5.74, 6) is 0.803. The maximum absolute atomic E-state index is 10.3. The first-order valence-corrected chi connectivity index (χ1v) is 9.89. The van der Waals surface area contributed by atoms with E-state index in [1.54, 1.807) is 0 Å². The second-order valence-corrected chi connectivity index (χ2v) is 7.37. The van der Waals surface area contributed by atoms with E-state index in [2.05, 4.69) is 71.1 Å². The highest BCUT2D eigenvalue weighted by Crippen LogP contribution is 2.32. The van der Waals surface area contributed by atoms with E-state index < -0.39 is 0 Å². The zero-order valence-corrected chi connectivity index (χ0v) is 15.6. The number of hydrogen-bond donors (Lipinski definition) is 2. The Bertz CT molecular complexity index is 799. The second kappa shape index (κ2) is 8.40. The van der Waals surface area contributed by atoms with Gasteiger partial charge in [0.05, 0.1) is 11.9 Å². The van der Waals surface area contributed by atoms with Crippen LogP contribution in [-0.4, -0.2) is 28.2 Å². The first-order chi connectivity index (χ1) is 13.3. The monoisotopic (exact) mass is 361 g/mol. The van der Waals surface area contributed by atoms with Gasteiger partial charge in [-0.15, -0.1) is 9.94 Å². The molecule has 1 aliphatic rings. The number of aromatic nitrogens is 2. The van der Waals surface area contributed by atoms with Crippen LogP contribution in [-0.2, 0) is 6.42 Å². The number of nitrogens with one attached hydrogen (secondary N) is 1. The zero-order chi connectivity index (χ0) is 18.5. The van der Waals surface area contributed by atoms with Gasteiger partial charge in [0.2, 0.25) is 0 Å². The summed E-state index contributed by atoms with van der Waals surface area (Å²) in [6.45, 7) is 2.08. The lowest BCUT2D eigenvalue weighted by Crippen LogP contribution is -2.27. The maximum Gasteiger partial charge on any atom is 0.0833 e. The van der Waals surface area contributed by atoms with Gasteiger partial charge in [0.1, 0.15) is 0 Å². The van der Waals surface area contributed by atoms with Gasteiger partial charge in [-0.25, -0.2) is 0 Å². The van der Waals surface area contributed by atoms with E-state index in [9.17, 15) is 5.21 Å². The number of hydrogen-bond acceptors (Lipinski definition) is 3. The lowest BCUT2D eigenvalue weighted by atomic mass is 9.85. The number of rotatable bonds is 6. The maximum atomic E-state index is 10.3. The largest absolute Gasteiger partial charge is 0.411 e. The smallest absolute Gasteiger partial charge is 0.0833 e. The van der Waals surface area contributed by atoms with Crippen molar-refractivity contribution < 1.29 is 5.21 Å². The lowest BCUT2D eigenvalue weighted by molar-refractivity contribution is 0.139. The van der Waals surface area contributed by atoms with Crippen molar-refractivity contribution in [3.8, 4) is 0 Å². The fraction of sp³-hybridized carbons (Fsp3) is 0.348. The van der Waals surface area contributed by atoms with Crippen molar-refractivity contribution in [2.45, 2.75) is 37.5 Å². The average molecular weight is 361 g/mol. The van der Waals surface area contributed by atoms with Crippen LogP contribution in [0.3, 0.4) is 0 Å². The highest BCUT2D eigenvalue weighted by Gasteiger charge is 2.23. The standard InChI is InChI=1S/C23H27N3O/c27-26-23(22(17-25-26)20-13-15-24-16-14-20)12-11-21(18-7-3-1-4-8-18)19-9-5-2-6-10-19/h1-10,17,20-21,24,27H,11-16H2.